The molecular weight excluding hydrogens is 366 g/mol. The van der Waals surface area contributed by atoms with Crippen LogP contribution in [0.5, 0.6) is 0 Å². The molecule has 0 aliphatic heterocycles. The van der Waals surface area contributed by atoms with Crippen LogP contribution in [0.3, 0.4) is 0 Å². The van der Waals surface area contributed by atoms with Gasteiger partial charge in [0, 0.05) is 17.8 Å². The van der Waals surface area contributed by atoms with Gasteiger partial charge in [-0.3, -0.25) is 4.98 Å². The molecule has 1 N–H and O–H groups in total. The summed E-state index contributed by atoms with van der Waals surface area (Å²) in [5.41, 5.74) is 5.15. The van der Waals surface area contributed by atoms with E-state index in [1.165, 1.54) is 48.4 Å². The number of aromatic nitrogens is 1. The Hall–Kier alpha value is -1.93. The van der Waals surface area contributed by atoms with Crippen molar-refractivity contribution in [1.29, 1.82) is 0 Å². The summed E-state index contributed by atoms with van der Waals surface area (Å²) in [4.78, 5) is 4.34. The van der Waals surface area contributed by atoms with Gasteiger partial charge in [0.15, 0.2) is 0 Å². The Balaban J connectivity index is 1.34. The minimum atomic E-state index is -0.114. The lowest BCUT2D eigenvalue weighted by Gasteiger charge is -2.57. The van der Waals surface area contributed by atoms with E-state index >= 15 is 0 Å². The molecule has 1 heterocycles. The molecule has 1 aromatic carbocycles. The third kappa shape index (κ3) is 2.56. The van der Waals surface area contributed by atoms with E-state index in [-0.39, 0.29) is 11.5 Å². The second-order valence-electron chi connectivity index (χ2n) is 10.9. The molecule has 156 valence electrons. The first-order chi connectivity index (χ1) is 14.5. The first-order valence-electron chi connectivity index (χ1n) is 11.9. The maximum Gasteiger partial charge on any atom is 0.0577 e. The molecule has 2 saturated carbocycles. The van der Waals surface area contributed by atoms with Crippen molar-refractivity contribution in [1.82, 2.24) is 4.98 Å². The van der Waals surface area contributed by atoms with Crippen LogP contribution >= 0.6 is 0 Å². The maximum absolute atomic E-state index is 10.2. The van der Waals surface area contributed by atoms with Crippen LogP contribution in [-0.2, 0) is 0 Å². The molecule has 30 heavy (non-hydrogen) atoms. The molecule has 4 aliphatic carbocycles. The van der Waals surface area contributed by atoms with E-state index in [4.69, 9.17) is 0 Å². The zero-order chi connectivity index (χ0) is 20.5. The average molecular weight is 400 g/mol. The number of hydrogen-bond acceptors (Lipinski definition) is 2. The lowest BCUT2D eigenvalue weighted by Crippen LogP contribution is -2.49. The molecule has 2 fully saturated rings. The number of allylic oxidation sites excluding steroid dienone is 3. The van der Waals surface area contributed by atoms with E-state index in [9.17, 15) is 5.11 Å². The van der Waals surface area contributed by atoms with Crippen molar-refractivity contribution in [3.05, 3.63) is 59.9 Å². The van der Waals surface area contributed by atoms with Crippen molar-refractivity contribution >= 4 is 16.3 Å². The molecule has 2 aromatic rings. The van der Waals surface area contributed by atoms with Crippen LogP contribution in [0.4, 0.5) is 0 Å². The minimum Gasteiger partial charge on any atom is -0.393 e. The molecule has 0 bridgehead atoms. The van der Waals surface area contributed by atoms with Gasteiger partial charge in [-0.1, -0.05) is 43.7 Å². The Morgan fingerprint density at radius 2 is 1.80 bits per heavy atom. The molecule has 2 nitrogen and oxygen atoms in total. The first-order valence-corrected chi connectivity index (χ1v) is 11.9. The molecule has 6 rings (SSSR count). The average Bonchev–Trinajstić information content (AvgIpc) is 3.11. The number of benzene rings is 1. The maximum atomic E-state index is 10.2. The molecule has 2 heteroatoms. The van der Waals surface area contributed by atoms with Gasteiger partial charge in [0.05, 0.1) is 6.10 Å². The summed E-state index contributed by atoms with van der Waals surface area (Å²) in [7, 11) is 0. The van der Waals surface area contributed by atoms with E-state index in [0.717, 1.165) is 30.6 Å². The Morgan fingerprint density at radius 1 is 0.933 bits per heavy atom. The summed E-state index contributed by atoms with van der Waals surface area (Å²) in [5, 5.41) is 12.8. The summed E-state index contributed by atoms with van der Waals surface area (Å²) in [6.45, 7) is 5.07. The molecule has 0 unspecified atom stereocenters. The van der Waals surface area contributed by atoms with Gasteiger partial charge in [-0.25, -0.2) is 0 Å². The third-order valence-corrected chi connectivity index (χ3v) is 9.61. The zero-order valence-corrected chi connectivity index (χ0v) is 18.3. The highest BCUT2D eigenvalue weighted by molar-refractivity contribution is 5.86. The molecule has 4 aliphatic rings. The van der Waals surface area contributed by atoms with Crippen molar-refractivity contribution in [3.8, 4) is 0 Å². The third-order valence-electron chi connectivity index (χ3n) is 9.61. The summed E-state index contributed by atoms with van der Waals surface area (Å²) < 4.78 is 0. The van der Waals surface area contributed by atoms with Crippen molar-refractivity contribution in [3.63, 3.8) is 0 Å². The fraction of sp³-hybridized carbons (Fsp3) is 0.536. The molecule has 1 aromatic heterocycles. The van der Waals surface area contributed by atoms with Crippen LogP contribution in [0.25, 0.3) is 16.3 Å². The van der Waals surface area contributed by atoms with Gasteiger partial charge in [-0.15, -0.1) is 0 Å². The summed E-state index contributed by atoms with van der Waals surface area (Å²) in [6.07, 6.45) is 17.0. The molecule has 0 amide bonds. The fourth-order valence-corrected chi connectivity index (χ4v) is 7.91. The second kappa shape index (κ2) is 6.53. The SMILES string of the molecule is C[C@]12CC[C@H](O)CC1=CC[C@@H]1[C@@H]2CC[C@]2(C)C(c3ccc4ccncc4c3)=CC[C@@H]12. The molecule has 6 atom stereocenters. The van der Waals surface area contributed by atoms with Crippen LogP contribution in [0.15, 0.2) is 54.4 Å². The van der Waals surface area contributed by atoms with E-state index < -0.39 is 0 Å². The molecule has 0 radical (unpaired) electrons. The fourth-order valence-electron chi connectivity index (χ4n) is 7.91. The molecule has 0 saturated heterocycles. The van der Waals surface area contributed by atoms with Gasteiger partial charge < -0.3 is 5.11 Å². The van der Waals surface area contributed by atoms with E-state index in [0.29, 0.717) is 5.41 Å². The normalized spacial score (nSPS) is 40.2. The quantitative estimate of drug-likeness (QED) is 0.551. The molecule has 0 spiro atoms. The van der Waals surface area contributed by atoms with Crippen molar-refractivity contribution in [2.24, 2.45) is 28.6 Å². The number of rotatable bonds is 1. The number of aliphatic hydroxyl groups is 1. The number of pyridine rings is 1. The number of aliphatic hydroxyl groups excluding tert-OH is 1. The Kier molecular flexibility index (Phi) is 4.10. The summed E-state index contributed by atoms with van der Waals surface area (Å²) in [5.74, 6) is 2.32. The van der Waals surface area contributed by atoms with E-state index in [2.05, 4.69) is 55.2 Å². The second-order valence-corrected chi connectivity index (χ2v) is 10.9. The van der Waals surface area contributed by atoms with Gasteiger partial charge in [0.2, 0.25) is 0 Å². The van der Waals surface area contributed by atoms with Crippen LogP contribution in [0, 0.1) is 28.6 Å². The van der Waals surface area contributed by atoms with Gasteiger partial charge >= 0.3 is 0 Å². The smallest absolute Gasteiger partial charge is 0.0577 e. The van der Waals surface area contributed by atoms with Crippen LogP contribution in [0.1, 0.15) is 64.4 Å². The highest BCUT2D eigenvalue weighted by Gasteiger charge is 2.56. The number of nitrogens with zero attached hydrogens (tertiary/aromatic N) is 1. The largest absolute Gasteiger partial charge is 0.393 e. The van der Waals surface area contributed by atoms with Crippen LogP contribution in [0.2, 0.25) is 0 Å². The van der Waals surface area contributed by atoms with Gasteiger partial charge in [-0.2, -0.15) is 0 Å². The van der Waals surface area contributed by atoms with Crippen LogP contribution in [-0.4, -0.2) is 16.2 Å². The first kappa shape index (κ1) is 18.8. The van der Waals surface area contributed by atoms with E-state index in [1.807, 2.05) is 12.4 Å². The van der Waals surface area contributed by atoms with E-state index in [1.54, 1.807) is 11.1 Å². The lowest BCUT2D eigenvalue weighted by atomic mass is 9.47. The Morgan fingerprint density at radius 3 is 2.70 bits per heavy atom. The van der Waals surface area contributed by atoms with Crippen LogP contribution < -0.4 is 0 Å². The summed E-state index contributed by atoms with van der Waals surface area (Å²) in [6, 6.07) is 9.05. The highest BCUT2D eigenvalue weighted by Crippen LogP contribution is 2.66. The zero-order valence-electron chi connectivity index (χ0n) is 18.3. The molecular formula is C28H33NO. The van der Waals surface area contributed by atoms with Gasteiger partial charge in [-0.05, 0) is 102 Å². The van der Waals surface area contributed by atoms with Crippen molar-refractivity contribution < 1.29 is 5.11 Å². The van der Waals surface area contributed by atoms with Crippen molar-refractivity contribution in [2.45, 2.75) is 64.9 Å². The predicted molar refractivity (Wildman–Crippen MR) is 123 cm³/mol. The summed E-state index contributed by atoms with van der Waals surface area (Å²) >= 11 is 0. The van der Waals surface area contributed by atoms with Crippen molar-refractivity contribution in [2.75, 3.05) is 0 Å². The standard InChI is InChI=1S/C28H33NO/c1-27-12-9-22(30)16-21(27)5-6-23-25-8-7-24(28(25,2)13-10-26(23)27)19-4-3-18-11-14-29-17-20(18)15-19/h3-5,7,11,14-15,17,22-23,25-26,30H,6,8-10,12-13,16H2,1-2H3/t22-,23-,25-,26-,27-,28+/m0/s1. The monoisotopic (exact) mass is 399 g/mol. The highest BCUT2D eigenvalue weighted by atomic mass is 16.3. The predicted octanol–water partition coefficient (Wildman–Crippen LogP) is 6.55. The number of fused-ring (bicyclic) bond motifs is 6. The topological polar surface area (TPSA) is 33.1 Å². The van der Waals surface area contributed by atoms with Gasteiger partial charge in [0.1, 0.15) is 0 Å². The number of hydrogen-bond donors (Lipinski definition) is 1. The minimum absolute atomic E-state index is 0.114. The Bertz CT molecular complexity index is 1070. The Labute approximate surface area is 180 Å². The lowest BCUT2D eigenvalue weighted by molar-refractivity contribution is -0.0238. The van der Waals surface area contributed by atoms with Gasteiger partial charge in [0.25, 0.3) is 0 Å².